The van der Waals surface area contributed by atoms with Crippen molar-refractivity contribution in [3.63, 3.8) is 0 Å². The summed E-state index contributed by atoms with van der Waals surface area (Å²) in [7, 11) is 0. The van der Waals surface area contributed by atoms with Gasteiger partial charge < -0.3 is 10.1 Å². The molecule has 1 unspecified atom stereocenters. The second-order valence-corrected chi connectivity index (χ2v) is 5.62. The van der Waals surface area contributed by atoms with Crippen molar-refractivity contribution >= 4 is 17.0 Å². The van der Waals surface area contributed by atoms with Crippen LogP contribution in [0.15, 0.2) is 23.0 Å². The number of aromatic carboxylic acids is 1. The fourth-order valence-electron chi connectivity index (χ4n) is 3.32. The van der Waals surface area contributed by atoms with E-state index in [2.05, 4.69) is 11.9 Å². The number of nitrogens with one attached hydrogen (secondary N) is 1. The third-order valence-electron chi connectivity index (χ3n) is 4.45. The van der Waals surface area contributed by atoms with Crippen LogP contribution in [0.4, 0.5) is 0 Å². The molecule has 2 N–H and O–H groups in total. The van der Waals surface area contributed by atoms with E-state index in [4.69, 9.17) is 5.11 Å². The lowest BCUT2D eigenvalue weighted by Gasteiger charge is -2.20. The molecule has 1 saturated carbocycles. The van der Waals surface area contributed by atoms with Crippen LogP contribution in [0.25, 0.3) is 11.0 Å². The van der Waals surface area contributed by atoms with Crippen molar-refractivity contribution in [2.75, 3.05) is 0 Å². The summed E-state index contributed by atoms with van der Waals surface area (Å²) in [6, 6.07) is 4.95. The van der Waals surface area contributed by atoms with E-state index >= 15 is 0 Å². The number of rotatable bonds is 3. The Morgan fingerprint density at radius 2 is 2.10 bits per heavy atom. The number of aromatic amines is 1. The summed E-state index contributed by atoms with van der Waals surface area (Å²) in [5, 5.41) is 9.00. The van der Waals surface area contributed by atoms with Gasteiger partial charge >= 0.3 is 11.7 Å². The van der Waals surface area contributed by atoms with Crippen LogP contribution in [-0.4, -0.2) is 20.6 Å². The molecule has 1 atom stereocenters. The molecular formula is C15H18N2O3. The Morgan fingerprint density at radius 3 is 2.75 bits per heavy atom. The normalized spacial score (nSPS) is 17.6. The van der Waals surface area contributed by atoms with Gasteiger partial charge in [0, 0.05) is 6.04 Å². The molecule has 1 aliphatic rings. The van der Waals surface area contributed by atoms with Crippen LogP contribution in [0.1, 0.15) is 49.0 Å². The predicted octanol–water partition coefficient (Wildman–Crippen LogP) is 2.78. The van der Waals surface area contributed by atoms with Crippen LogP contribution < -0.4 is 5.69 Å². The van der Waals surface area contributed by atoms with Crippen LogP contribution in [0, 0.1) is 5.92 Å². The van der Waals surface area contributed by atoms with E-state index in [9.17, 15) is 9.59 Å². The summed E-state index contributed by atoms with van der Waals surface area (Å²) >= 11 is 0. The number of nitrogens with zero attached hydrogens (tertiary/aromatic N) is 1. The average Bonchev–Trinajstić information content (AvgIpc) is 3.03. The Bertz CT molecular complexity index is 707. The number of hydrogen-bond acceptors (Lipinski definition) is 2. The molecule has 0 spiro atoms. The van der Waals surface area contributed by atoms with E-state index < -0.39 is 5.97 Å². The zero-order chi connectivity index (χ0) is 14.3. The van der Waals surface area contributed by atoms with Crippen molar-refractivity contribution in [3.05, 3.63) is 34.2 Å². The van der Waals surface area contributed by atoms with Gasteiger partial charge in [0.25, 0.3) is 0 Å². The maximum atomic E-state index is 12.2. The molecule has 0 bridgehead atoms. The van der Waals surface area contributed by atoms with Crippen molar-refractivity contribution in [1.29, 1.82) is 0 Å². The van der Waals surface area contributed by atoms with Gasteiger partial charge in [0.2, 0.25) is 0 Å². The third-order valence-corrected chi connectivity index (χ3v) is 4.45. The Kier molecular flexibility index (Phi) is 3.12. The van der Waals surface area contributed by atoms with Crippen LogP contribution in [0.5, 0.6) is 0 Å². The molecule has 0 radical (unpaired) electrons. The molecule has 5 heteroatoms. The largest absolute Gasteiger partial charge is 0.478 e. The summed E-state index contributed by atoms with van der Waals surface area (Å²) in [5.74, 6) is -0.449. The van der Waals surface area contributed by atoms with E-state index in [0.29, 0.717) is 11.4 Å². The predicted molar refractivity (Wildman–Crippen MR) is 76.2 cm³/mol. The molecule has 1 aromatic carbocycles. The molecule has 5 nitrogen and oxygen atoms in total. The molecular weight excluding hydrogens is 256 g/mol. The van der Waals surface area contributed by atoms with Crippen LogP contribution in [-0.2, 0) is 0 Å². The van der Waals surface area contributed by atoms with Gasteiger partial charge in [-0.2, -0.15) is 0 Å². The van der Waals surface area contributed by atoms with Crippen molar-refractivity contribution in [1.82, 2.24) is 9.55 Å². The Labute approximate surface area is 116 Å². The number of carboxylic acids is 1. The van der Waals surface area contributed by atoms with Gasteiger partial charge in [-0.05, 0) is 43.9 Å². The highest BCUT2D eigenvalue weighted by Crippen LogP contribution is 2.34. The van der Waals surface area contributed by atoms with Gasteiger partial charge in [0.15, 0.2) is 0 Å². The highest BCUT2D eigenvalue weighted by atomic mass is 16.4. The quantitative estimate of drug-likeness (QED) is 0.903. The van der Waals surface area contributed by atoms with E-state index in [1.165, 1.54) is 18.9 Å². The molecule has 0 aliphatic heterocycles. The number of hydrogen-bond donors (Lipinski definition) is 2. The first-order valence-corrected chi connectivity index (χ1v) is 7.05. The van der Waals surface area contributed by atoms with Gasteiger partial charge in [-0.3, -0.25) is 4.57 Å². The van der Waals surface area contributed by atoms with Crippen molar-refractivity contribution in [3.8, 4) is 0 Å². The van der Waals surface area contributed by atoms with Crippen LogP contribution >= 0.6 is 0 Å². The molecule has 20 heavy (non-hydrogen) atoms. The Hall–Kier alpha value is -2.04. The molecule has 1 aromatic heterocycles. The molecule has 0 saturated heterocycles. The summed E-state index contributed by atoms with van der Waals surface area (Å²) < 4.78 is 1.77. The smallest absolute Gasteiger partial charge is 0.335 e. The summed E-state index contributed by atoms with van der Waals surface area (Å²) in [4.78, 5) is 25.9. The van der Waals surface area contributed by atoms with Gasteiger partial charge in [0.05, 0.1) is 16.6 Å². The lowest BCUT2D eigenvalue weighted by Crippen LogP contribution is -2.24. The van der Waals surface area contributed by atoms with E-state index in [1.54, 1.807) is 16.7 Å². The summed E-state index contributed by atoms with van der Waals surface area (Å²) in [5.41, 5.74) is 1.43. The first-order valence-electron chi connectivity index (χ1n) is 7.05. The second-order valence-electron chi connectivity index (χ2n) is 5.62. The molecule has 1 heterocycles. The molecule has 1 fully saturated rings. The maximum Gasteiger partial charge on any atom is 0.335 e. The Balaban J connectivity index is 2.08. The number of benzene rings is 1. The molecule has 3 rings (SSSR count). The average molecular weight is 274 g/mol. The fraction of sp³-hybridized carbons (Fsp3) is 0.467. The number of carboxylic acid groups (broad SMARTS) is 1. The van der Waals surface area contributed by atoms with Crippen molar-refractivity contribution < 1.29 is 9.90 Å². The number of aromatic nitrogens is 2. The number of carbonyl (C=O) groups is 1. The van der Waals surface area contributed by atoms with Gasteiger partial charge in [-0.15, -0.1) is 0 Å². The standard InChI is InChI=1S/C15H18N2O3/c1-9(10-4-2-3-5-10)17-13-7-6-11(14(18)19)8-12(13)16-15(17)20/h6-10H,2-5H2,1H3,(H,16,20)(H,18,19). The first-order chi connectivity index (χ1) is 9.58. The van der Waals surface area contributed by atoms with E-state index in [-0.39, 0.29) is 17.3 Å². The topological polar surface area (TPSA) is 75.1 Å². The highest BCUT2D eigenvalue weighted by Gasteiger charge is 2.25. The number of imidazole rings is 1. The zero-order valence-corrected chi connectivity index (χ0v) is 11.4. The van der Waals surface area contributed by atoms with E-state index in [1.807, 2.05) is 0 Å². The monoisotopic (exact) mass is 274 g/mol. The fourth-order valence-corrected chi connectivity index (χ4v) is 3.32. The van der Waals surface area contributed by atoms with Gasteiger partial charge in [-0.1, -0.05) is 12.8 Å². The van der Waals surface area contributed by atoms with Crippen LogP contribution in [0.3, 0.4) is 0 Å². The maximum absolute atomic E-state index is 12.2. The Morgan fingerprint density at radius 1 is 1.40 bits per heavy atom. The second kappa shape index (κ2) is 4.81. The molecule has 2 aromatic rings. The van der Waals surface area contributed by atoms with Gasteiger partial charge in [-0.25, -0.2) is 9.59 Å². The molecule has 0 amide bonds. The highest BCUT2D eigenvalue weighted by molar-refractivity contribution is 5.92. The lowest BCUT2D eigenvalue weighted by atomic mass is 9.99. The van der Waals surface area contributed by atoms with E-state index in [0.717, 1.165) is 18.4 Å². The minimum absolute atomic E-state index is 0.148. The molecule has 106 valence electrons. The zero-order valence-electron chi connectivity index (χ0n) is 11.4. The third kappa shape index (κ3) is 2.03. The minimum atomic E-state index is -0.982. The summed E-state index contributed by atoms with van der Waals surface area (Å²) in [6.45, 7) is 2.08. The first kappa shape index (κ1) is 13.0. The lowest BCUT2D eigenvalue weighted by molar-refractivity contribution is 0.0697. The summed E-state index contributed by atoms with van der Waals surface area (Å²) in [6.07, 6.45) is 4.78. The van der Waals surface area contributed by atoms with Crippen LogP contribution in [0.2, 0.25) is 0 Å². The molecule has 1 aliphatic carbocycles. The number of fused-ring (bicyclic) bond motifs is 1. The minimum Gasteiger partial charge on any atom is -0.478 e. The van der Waals surface area contributed by atoms with Crippen molar-refractivity contribution in [2.24, 2.45) is 5.92 Å². The number of H-pyrrole nitrogens is 1. The SMILES string of the molecule is CC(C1CCCC1)n1c(=O)[nH]c2cc(C(=O)O)ccc21. The van der Waals surface area contributed by atoms with Crippen molar-refractivity contribution in [2.45, 2.75) is 38.6 Å². The van der Waals surface area contributed by atoms with Gasteiger partial charge in [0.1, 0.15) is 0 Å².